The number of hydrogen-bond acceptors (Lipinski definition) is 4. The molecule has 0 aliphatic heterocycles. The van der Waals surface area contributed by atoms with Crippen molar-refractivity contribution in [2.75, 3.05) is 41.3 Å². The van der Waals surface area contributed by atoms with Crippen LogP contribution in [0.1, 0.15) is 77.0 Å². The van der Waals surface area contributed by atoms with Crippen molar-refractivity contribution in [3.05, 3.63) is 0 Å². The second-order valence-corrected chi connectivity index (χ2v) is 7.34. The van der Waals surface area contributed by atoms with Gasteiger partial charge in [0, 0.05) is 11.9 Å². The lowest BCUT2D eigenvalue weighted by molar-refractivity contribution is 0.387. The van der Waals surface area contributed by atoms with E-state index in [0.717, 1.165) is 0 Å². The average Bonchev–Trinajstić information content (AvgIpc) is 2.56. The molecule has 0 aliphatic rings. The molecule has 5 heteroatoms. The summed E-state index contributed by atoms with van der Waals surface area (Å²) in [7, 11) is 8.67. The average molecular weight is 348 g/mol. The highest BCUT2D eigenvalue weighted by atomic mass is 15.0. The van der Waals surface area contributed by atoms with Crippen LogP contribution in [0.15, 0.2) is 0 Å². The van der Waals surface area contributed by atoms with Crippen LogP contribution in [0.25, 0.3) is 0 Å². The van der Waals surface area contributed by atoms with Gasteiger partial charge < -0.3 is 9.80 Å². The predicted molar refractivity (Wildman–Crippen MR) is 111 cm³/mol. The van der Waals surface area contributed by atoms with Crippen LogP contribution in [-0.4, -0.2) is 58.4 Å². The van der Waals surface area contributed by atoms with Crippen molar-refractivity contribution >= 4 is 7.28 Å². The number of nitriles is 2. The molecule has 0 unspecified atom stereocenters. The Kier molecular flexibility index (Phi) is 24.1. The first kappa shape index (κ1) is 26.2. The maximum absolute atomic E-state index is 7.59. The highest BCUT2D eigenvalue weighted by Crippen LogP contribution is 2.12. The maximum atomic E-state index is 7.59. The largest absolute Gasteiger partial charge is 0.370 e. The lowest BCUT2D eigenvalue weighted by atomic mass is 9.85. The third-order valence-corrected chi connectivity index (χ3v) is 4.12. The van der Waals surface area contributed by atoms with Gasteiger partial charge >= 0.3 is 7.28 Å². The van der Waals surface area contributed by atoms with Gasteiger partial charge in [-0.15, -0.1) is 0 Å². The van der Waals surface area contributed by atoms with E-state index in [1.807, 2.05) is 0 Å². The molecule has 25 heavy (non-hydrogen) atoms. The van der Waals surface area contributed by atoms with Gasteiger partial charge in [-0.25, -0.2) is 10.5 Å². The van der Waals surface area contributed by atoms with E-state index in [9.17, 15) is 0 Å². The minimum atomic E-state index is 0. The smallest absolute Gasteiger partial charge is 0.309 e. The lowest BCUT2D eigenvalue weighted by Crippen LogP contribution is -2.12. The minimum absolute atomic E-state index is 0. The molecule has 0 spiro atoms. The molecule has 4 nitrogen and oxygen atoms in total. The van der Waals surface area contributed by atoms with Crippen molar-refractivity contribution in [1.29, 1.82) is 10.5 Å². The molecule has 0 amide bonds. The Morgan fingerprint density at radius 1 is 0.520 bits per heavy atom. The highest BCUT2D eigenvalue weighted by Gasteiger charge is 1.95. The summed E-state index contributed by atoms with van der Waals surface area (Å²) in [5.74, 6) is 3.31. The van der Waals surface area contributed by atoms with Crippen molar-refractivity contribution in [2.45, 2.75) is 77.0 Å². The molecule has 0 aliphatic carbocycles. The standard InChI is InChI=1S/C18H40N2.C2HBN2/c1-19(2)17-15-13-11-9-7-5-6-8-10-12-14-16-18-20(3)4;4-1-3-2-5/h5-18H2,1-4H3;3H. The number of rotatable bonds is 15. The number of unbranched alkanes of at least 4 members (excludes halogenated alkanes) is 11. The van der Waals surface area contributed by atoms with E-state index in [2.05, 4.69) is 38.0 Å². The van der Waals surface area contributed by atoms with E-state index in [-0.39, 0.29) is 7.28 Å². The van der Waals surface area contributed by atoms with Crippen LogP contribution in [0.2, 0.25) is 0 Å². The Morgan fingerprint density at radius 2 is 0.760 bits per heavy atom. The Bertz CT molecular complexity index is 300. The van der Waals surface area contributed by atoms with Crippen LogP contribution >= 0.6 is 0 Å². The molecule has 0 N–H and O–H groups in total. The normalized spacial score (nSPS) is 10.1. The van der Waals surface area contributed by atoms with Gasteiger partial charge in [0.05, 0.1) is 0 Å². The van der Waals surface area contributed by atoms with Crippen LogP contribution in [0, 0.1) is 22.5 Å². The number of nitrogens with zero attached hydrogens (tertiary/aromatic N) is 4. The summed E-state index contributed by atoms with van der Waals surface area (Å²) in [6, 6.07) is 0. The summed E-state index contributed by atoms with van der Waals surface area (Å²) in [6.07, 6.45) is 17.2. The first-order valence-corrected chi connectivity index (χ1v) is 10.1. The molecular formula is C20H41BN4. The second kappa shape index (κ2) is 23.0. The lowest BCUT2D eigenvalue weighted by Gasteiger charge is -2.09. The van der Waals surface area contributed by atoms with E-state index in [4.69, 9.17) is 10.5 Å². The SMILES string of the molecule is CN(C)CCCCCCCCCCCCCCN(C)C.N#CBC#N. The molecule has 0 radical (unpaired) electrons. The van der Waals surface area contributed by atoms with Crippen molar-refractivity contribution in [1.82, 2.24) is 9.80 Å². The molecule has 0 rings (SSSR count). The predicted octanol–water partition coefficient (Wildman–Crippen LogP) is 4.18. The van der Waals surface area contributed by atoms with Crippen LogP contribution in [0.3, 0.4) is 0 Å². The summed E-state index contributed by atoms with van der Waals surface area (Å²) < 4.78 is 0. The van der Waals surface area contributed by atoms with Crippen molar-refractivity contribution in [3.8, 4) is 11.9 Å². The summed E-state index contributed by atoms with van der Waals surface area (Å²) in [5.41, 5.74) is 0. The monoisotopic (exact) mass is 348 g/mol. The number of hydrogen-bond donors (Lipinski definition) is 0. The Morgan fingerprint density at radius 3 is 0.920 bits per heavy atom. The fourth-order valence-corrected chi connectivity index (χ4v) is 2.66. The fraction of sp³-hybridized carbons (Fsp3) is 0.900. The van der Waals surface area contributed by atoms with Gasteiger partial charge in [0.15, 0.2) is 0 Å². The van der Waals surface area contributed by atoms with Gasteiger partial charge in [-0.3, -0.25) is 0 Å². The highest BCUT2D eigenvalue weighted by molar-refractivity contribution is 6.53. The summed E-state index contributed by atoms with van der Waals surface area (Å²) in [4.78, 5) is 4.58. The second-order valence-electron chi connectivity index (χ2n) is 7.34. The first-order valence-electron chi connectivity index (χ1n) is 10.1. The Hall–Kier alpha value is -1.04. The molecular weight excluding hydrogens is 307 g/mol. The molecule has 0 heterocycles. The summed E-state index contributed by atoms with van der Waals surface area (Å²) in [5, 5.41) is 15.2. The van der Waals surface area contributed by atoms with E-state index in [0.29, 0.717) is 0 Å². The van der Waals surface area contributed by atoms with E-state index in [1.165, 1.54) is 90.1 Å². The van der Waals surface area contributed by atoms with Crippen LogP contribution in [0.5, 0.6) is 0 Å². The van der Waals surface area contributed by atoms with Gasteiger partial charge in [-0.2, -0.15) is 0 Å². The summed E-state index contributed by atoms with van der Waals surface area (Å²) in [6.45, 7) is 2.52. The molecule has 0 fully saturated rings. The van der Waals surface area contributed by atoms with E-state index >= 15 is 0 Å². The molecule has 0 bridgehead atoms. The molecule has 0 aromatic carbocycles. The van der Waals surface area contributed by atoms with E-state index in [1.54, 1.807) is 11.9 Å². The van der Waals surface area contributed by atoms with Crippen LogP contribution in [-0.2, 0) is 0 Å². The summed E-state index contributed by atoms with van der Waals surface area (Å²) >= 11 is 0. The van der Waals surface area contributed by atoms with Crippen LogP contribution < -0.4 is 0 Å². The molecule has 0 saturated carbocycles. The Labute approximate surface area is 158 Å². The van der Waals surface area contributed by atoms with Gasteiger partial charge in [-0.1, -0.05) is 64.2 Å². The van der Waals surface area contributed by atoms with E-state index < -0.39 is 0 Å². The zero-order chi connectivity index (χ0) is 19.2. The van der Waals surface area contributed by atoms with Crippen molar-refractivity contribution < 1.29 is 0 Å². The minimum Gasteiger partial charge on any atom is -0.309 e. The van der Waals surface area contributed by atoms with Crippen molar-refractivity contribution in [3.63, 3.8) is 0 Å². The van der Waals surface area contributed by atoms with Crippen LogP contribution in [0.4, 0.5) is 0 Å². The maximum Gasteiger partial charge on any atom is 0.370 e. The zero-order valence-corrected chi connectivity index (χ0v) is 17.4. The topological polar surface area (TPSA) is 54.1 Å². The van der Waals surface area contributed by atoms with Gasteiger partial charge in [-0.05, 0) is 54.1 Å². The third-order valence-electron chi connectivity index (χ3n) is 4.12. The van der Waals surface area contributed by atoms with Gasteiger partial charge in [0.2, 0.25) is 0 Å². The molecule has 0 saturated heterocycles. The van der Waals surface area contributed by atoms with Crippen molar-refractivity contribution in [2.24, 2.45) is 0 Å². The molecule has 0 aromatic rings. The quantitative estimate of drug-likeness (QED) is 0.329. The Balaban J connectivity index is 0. The fourth-order valence-electron chi connectivity index (χ4n) is 2.66. The zero-order valence-electron chi connectivity index (χ0n) is 17.4. The molecule has 0 aromatic heterocycles. The third kappa shape index (κ3) is 31.3. The molecule has 144 valence electrons. The van der Waals surface area contributed by atoms with Gasteiger partial charge in [0.1, 0.15) is 0 Å². The molecule has 0 atom stereocenters. The van der Waals surface area contributed by atoms with Gasteiger partial charge in [0.25, 0.3) is 0 Å². The first-order chi connectivity index (χ1) is 12.0.